The summed E-state index contributed by atoms with van der Waals surface area (Å²) in [5.41, 5.74) is 3.03. The van der Waals surface area contributed by atoms with E-state index in [4.69, 9.17) is 5.11 Å². The highest BCUT2D eigenvalue weighted by Crippen LogP contribution is 2.25. The fourth-order valence-electron chi connectivity index (χ4n) is 2.01. The molecular formula is C13H12N4O2S. The first-order valence-corrected chi connectivity index (χ1v) is 7.13. The van der Waals surface area contributed by atoms with Crippen LogP contribution in [0.5, 0.6) is 0 Å². The van der Waals surface area contributed by atoms with Crippen LogP contribution in [0.1, 0.15) is 15.9 Å². The molecule has 0 aliphatic carbocycles. The second-order valence-electron chi connectivity index (χ2n) is 4.38. The Morgan fingerprint density at radius 3 is 2.90 bits per heavy atom. The van der Waals surface area contributed by atoms with E-state index in [1.54, 1.807) is 11.8 Å². The standard InChI is InChI=1S/C13H12N4O2S/c1-7-3-9-10(4-11(7)20-2)16-13(15-9)17-6-8(5-14-17)12(18)19/h3-6H,1-2H3,(H,15,16)(H,18,19). The van der Waals surface area contributed by atoms with Crippen LogP contribution in [0.3, 0.4) is 0 Å². The summed E-state index contributed by atoms with van der Waals surface area (Å²) in [5.74, 6) is -0.502. The van der Waals surface area contributed by atoms with Gasteiger partial charge in [0.25, 0.3) is 0 Å². The lowest BCUT2D eigenvalue weighted by Crippen LogP contribution is -1.97. The lowest BCUT2D eigenvalue weighted by molar-refractivity contribution is 0.0697. The number of carboxylic acid groups (broad SMARTS) is 1. The van der Waals surface area contributed by atoms with Crippen LogP contribution in [0.25, 0.3) is 17.0 Å². The average molecular weight is 288 g/mol. The van der Waals surface area contributed by atoms with Crippen molar-refractivity contribution in [3.63, 3.8) is 0 Å². The number of H-pyrrole nitrogens is 1. The van der Waals surface area contributed by atoms with E-state index in [-0.39, 0.29) is 5.56 Å². The van der Waals surface area contributed by atoms with Gasteiger partial charge in [-0.3, -0.25) is 0 Å². The number of aromatic nitrogens is 4. The van der Waals surface area contributed by atoms with Gasteiger partial charge in [-0.05, 0) is 30.9 Å². The quantitative estimate of drug-likeness (QED) is 0.723. The van der Waals surface area contributed by atoms with Crippen molar-refractivity contribution in [3.05, 3.63) is 35.7 Å². The maximum absolute atomic E-state index is 10.9. The van der Waals surface area contributed by atoms with Crippen LogP contribution in [0.15, 0.2) is 29.4 Å². The highest BCUT2D eigenvalue weighted by molar-refractivity contribution is 7.98. The van der Waals surface area contributed by atoms with Crippen LogP contribution in [0.4, 0.5) is 0 Å². The van der Waals surface area contributed by atoms with E-state index in [0.29, 0.717) is 5.95 Å². The number of imidazole rings is 1. The highest BCUT2D eigenvalue weighted by atomic mass is 32.2. The molecule has 0 radical (unpaired) electrons. The zero-order chi connectivity index (χ0) is 14.3. The molecular weight excluding hydrogens is 276 g/mol. The molecule has 3 rings (SSSR count). The Balaban J connectivity index is 2.10. The first-order valence-electron chi connectivity index (χ1n) is 5.91. The summed E-state index contributed by atoms with van der Waals surface area (Å²) in [7, 11) is 0. The Bertz CT molecular complexity index is 806. The normalized spacial score (nSPS) is 11.1. The maximum Gasteiger partial charge on any atom is 0.338 e. The van der Waals surface area contributed by atoms with Crippen molar-refractivity contribution in [2.24, 2.45) is 0 Å². The van der Waals surface area contributed by atoms with E-state index in [0.717, 1.165) is 16.6 Å². The van der Waals surface area contributed by atoms with Crippen LogP contribution in [-0.4, -0.2) is 37.1 Å². The number of hydrogen-bond acceptors (Lipinski definition) is 4. The Kier molecular flexibility index (Phi) is 2.98. The van der Waals surface area contributed by atoms with Crippen molar-refractivity contribution in [3.8, 4) is 5.95 Å². The molecule has 0 spiro atoms. The first kappa shape index (κ1) is 12.7. The molecule has 2 N–H and O–H groups in total. The fourth-order valence-corrected chi connectivity index (χ4v) is 2.62. The number of carbonyl (C=O) groups is 1. The number of nitrogens with zero attached hydrogens (tertiary/aromatic N) is 3. The van der Waals surface area contributed by atoms with E-state index in [2.05, 4.69) is 15.1 Å². The van der Waals surface area contributed by atoms with E-state index < -0.39 is 5.97 Å². The molecule has 20 heavy (non-hydrogen) atoms. The van der Waals surface area contributed by atoms with Crippen LogP contribution in [0.2, 0.25) is 0 Å². The second kappa shape index (κ2) is 4.68. The van der Waals surface area contributed by atoms with Crippen molar-refractivity contribution in [2.45, 2.75) is 11.8 Å². The molecule has 2 heterocycles. The molecule has 0 saturated heterocycles. The fraction of sp³-hybridized carbons (Fsp3) is 0.154. The SMILES string of the molecule is CSc1cc2[nH]c(-n3cc(C(=O)O)cn3)nc2cc1C. The van der Waals surface area contributed by atoms with Crippen molar-refractivity contribution in [1.29, 1.82) is 0 Å². The summed E-state index contributed by atoms with van der Waals surface area (Å²) >= 11 is 1.68. The first-order chi connectivity index (χ1) is 9.58. The van der Waals surface area contributed by atoms with Gasteiger partial charge in [0.15, 0.2) is 0 Å². The zero-order valence-corrected chi connectivity index (χ0v) is 11.7. The third-order valence-electron chi connectivity index (χ3n) is 3.03. The van der Waals surface area contributed by atoms with E-state index in [1.807, 2.05) is 25.3 Å². The molecule has 6 nitrogen and oxygen atoms in total. The van der Waals surface area contributed by atoms with Crippen molar-refractivity contribution in [1.82, 2.24) is 19.7 Å². The van der Waals surface area contributed by atoms with Crippen LogP contribution in [0, 0.1) is 6.92 Å². The molecule has 0 atom stereocenters. The van der Waals surface area contributed by atoms with Crippen molar-refractivity contribution in [2.75, 3.05) is 6.26 Å². The molecule has 0 bridgehead atoms. The Labute approximate surface area is 118 Å². The Morgan fingerprint density at radius 2 is 2.25 bits per heavy atom. The average Bonchev–Trinajstić information content (AvgIpc) is 3.03. The van der Waals surface area contributed by atoms with Gasteiger partial charge >= 0.3 is 5.97 Å². The number of fused-ring (bicyclic) bond motifs is 1. The minimum atomic E-state index is -1.01. The summed E-state index contributed by atoms with van der Waals surface area (Å²) in [6.07, 6.45) is 4.76. The number of carboxylic acids is 1. The number of hydrogen-bond donors (Lipinski definition) is 2. The molecule has 7 heteroatoms. The number of thioether (sulfide) groups is 1. The number of aromatic amines is 1. The number of nitrogens with one attached hydrogen (secondary N) is 1. The van der Waals surface area contributed by atoms with Gasteiger partial charge in [0, 0.05) is 11.1 Å². The second-order valence-corrected chi connectivity index (χ2v) is 5.23. The van der Waals surface area contributed by atoms with Crippen LogP contribution < -0.4 is 0 Å². The third-order valence-corrected chi connectivity index (χ3v) is 3.91. The monoisotopic (exact) mass is 288 g/mol. The molecule has 1 aromatic carbocycles. The van der Waals surface area contributed by atoms with Gasteiger partial charge in [0.1, 0.15) is 0 Å². The molecule has 0 amide bonds. The molecule has 0 fully saturated rings. The Morgan fingerprint density at radius 1 is 1.45 bits per heavy atom. The highest BCUT2D eigenvalue weighted by Gasteiger charge is 2.11. The van der Waals surface area contributed by atoms with Gasteiger partial charge in [-0.1, -0.05) is 0 Å². The molecule has 0 unspecified atom stereocenters. The van der Waals surface area contributed by atoms with Gasteiger partial charge in [0.05, 0.1) is 22.8 Å². The lowest BCUT2D eigenvalue weighted by Gasteiger charge is -2.00. The molecule has 3 aromatic rings. The smallest absolute Gasteiger partial charge is 0.338 e. The predicted octanol–water partition coefficient (Wildman–Crippen LogP) is 2.48. The number of aromatic carboxylic acids is 1. The Hall–Kier alpha value is -2.28. The zero-order valence-electron chi connectivity index (χ0n) is 10.9. The summed E-state index contributed by atoms with van der Waals surface area (Å²) < 4.78 is 1.43. The van der Waals surface area contributed by atoms with Gasteiger partial charge in [0.2, 0.25) is 5.95 Å². The summed E-state index contributed by atoms with van der Waals surface area (Å²) in [6.45, 7) is 2.04. The molecule has 2 aromatic heterocycles. The van der Waals surface area contributed by atoms with Gasteiger partial charge in [-0.2, -0.15) is 5.10 Å². The number of aryl methyl sites for hydroxylation is 1. The van der Waals surface area contributed by atoms with Gasteiger partial charge in [-0.15, -0.1) is 11.8 Å². The topological polar surface area (TPSA) is 83.8 Å². The molecule has 102 valence electrons. The van der Waals surface area contributed by atoms with Crippen molar-refractivity contribution >= 4 is 28.8 Å². The summed E-state index contributed by atoms with van der Waals surface area (Å²) in [6, 6.07) is 4.04. The summed E-state index contributed by atoms with van der Waals surface area (Å²) in [5, 5.41) is 12.9. The minimum Gasteiger partial charge on any atom is -0.478 e. The van der Waals surface area contributed by atoms with E-state index in [9.17, 15) is 4.79 Å². The van der Waals surface area contributed by atoms with Crippen molar-refractivity contribution < 1.29 is 9.90 Å². The van der Waals surface area contributed by atoms with E-state index >= 15 is 0 Å². The summed E-state index contributed by atoms with van der Waals surface area (Å²) in [4.78, 5) is 19.6. The maximum atomic E-state index is 10.9. The molecule has 0 aliphatic rings. The van der Waals surface area contributed by atoms with Gasteiger partial charge < -0.3 is 10.1 Å². The van der Waals surface area contributed by atoms with Crippen LogP contribution in [-0.2, 0) is 0 Å². The third kappa shape index (κ3) is 2.05. The van der Waals surface area contributed by atoms with Gasteiger partial charge in [-0.25, -0.2) is 14.5 Å². The molecule has 0 aliphatic heterocycles. The number of benzene rings is 1. The largest absolute Gasteiger partial charge is 0.478 e. The molecule has 0 saturated carbocycles. The minimum absolute atomic E-state index is 0.131. The number of rotatable bonds is 3. The van der Waals surface area contributed by atoms with E-state index in [1.165, 1.54) is 22.0 Å². The van der Waals surface area contributed by atoms with Crippen LogP contribution >= 0.6 is 11.8 Å². The predicted molar refractivity (Wildman–Crippen MR) is 76.7 cm³/mol. The lowest BCUT2D eigenvalue weighted by atomic mass is 10.2.